The largest absolute Gasteiger partial charge is 0.373 e. The Morgan fingerprint density at radius 1 is 1.12 bits per heavy atom. The normalized spacial score (nSPS) is 21.4. The number of ether oxygens (including phenoxy) is 1. The van der Waals surface area contributed by atoms with E-state index in [1.54, 1.807) is 19.0 Å². The molecule has 34 heavy (non-hydrogen) atoms. The lowest BCUT2D eigenvalue weighted by atomic mass is 10.1. The van der Waals surface area contributed by atoms with Gasteiger partial charge in [-0.15, -0.1) is 24.0 Å². The lowest BCUT2D eigenvalue weighted by molar-refractivity contribution is -0.127. The van der Waals surface area contributed by atoms with Gasteiger partial charge in [0.2, 0.25) is 5.91 Å². The number of carbonyl (C=O) groups excluding carboxylic acids is 1. The highest BCUT2D eigenvalue weighted by molar-refractivity contribution is 14.0. The number of carbonyl (C=O) groups is 1. The monoisotopic (exact) mass is 577 g/mol. The smallest absolute Gasteiger partial charge is 0.243 e. The van der Waals surface area contributed by atoms with E-state index in [0.717, 1.165) is 38.7 Å². The summed E-state index contributed by atoms with van der Waals surface area (Å²) in [5.41, 5.74) is 2.50. The van der Waals surface area contributed by atoms with Gasteiger partial charge in [-0.1, -0.05) is 60.7 Å². The van der Waals surface area contributed by atoms with Crippen LogP contribution in [0.3, 0.4) is 0 Å². The number of nitrogens with one attached hydrogen (secondary N) is 1. The molecule has 2 fully saturated rings. The molecule has 3 atom stereocenters. The number of benzene rings is 2. The van der Waals surface area contributed by atoms with Crippen molar-refractivity contribution < 1.29 is 9.53 Å². The molecule has 3 unspecified atom stereocenters. The van der Waals surface area contributed by atoms with E-state index >= 15 is 0 Å². The third kappa shape index (κ3) is 6.70. The van der Waals surface area contributed by atoms with Crippen molar-refractivity contribution in [1.82, 2.24) is 20.0 Å². The molecule has 8 heteroatoms. The van der Waals surface area contributed by atoms with Crippen LogP contribution in [0.1, 0.15) is 24.1 Å². The number of likely N-dealkylation sites (N-methyl/N-ethyl adjacent to an activating group) is 1. The van der Waals surface area contributed by atoms with Gasteiger partial charge in [0.25, 0.3) is 0 Å². The topological polar surface area (TPSA) is 60.4 Å². The average Bonchev–Trinajstić information content (AvgIpc) is 3.28. The zero-order valence-electron chi connectivity index (χ0n) is 20.3. The first-order valence-corrected chi connectivity index (χ1v) is 11.7. The molecule has 2 aliphatic heterocycles. The molecule has 184 valence electrons. The van der Waals surface area contributed by atoms with E-state index in [1.165, 1.54) is 11.1 Å². The number of nitrogens with zero attached hydrogens (tertiary/aromatic N) is 4. The first kappa shape index (κ1) is 26.4. The highest BCUT2D eigenvalue weighted by Gasteiger charge is 2.41. The van der Waals surface area contributed by atoms with Gasteiger partial charge in [0.05, 0.1) is 24.8 Å². The van der Waals surface area contributed by atoms with Crippen LogP contribution < -0.4 is 5.32 Å². The van der Waals surface area contributed by atoms with Crippen molar-refractivity contribution in [1.29, 1.82) is 0 Å². The van der Waals surface area contributed by atoms with Crippen molar-refractivity contribution in [2.45, 2.75) is 31.7 Å². The average molecular weight is 578 g/mol. The Labute approximate surface area is 220 Å². The third-order valence-corrected chi connectivity index (χ3v) is 6.45. The lowest BCUT2D eigenvalue weighted by Crippen LogP contribution is -2.50. The number of halogens is 1. The molecule has 0 radical (unpaired) electrons. The van der Waals surface area contributed by atoms with Gasteiger partial charge in [-0.2, -0.15) is 0 Å². The molecule has 2 heterocycles. The van der Waals surface area contributed by atoms with Gasteiger partial charge in [0, 0.05) is 40.3 Å². The van der Waals surface area contributed by atoms with Crippen LogP contribution in [0.2, 0.25) is 0 Å². The van der Waals surface area contributed by atoms with Gasteiger partial charge in [-0.25, -0.2) is 4.99 Å². The van der Waals surface area contributed by atoms with Crippen molar-refractivity contribution in [3.8, 4) is 0 Å². The minimum Gasteiger partial charge on any atom is -0.373 e. The van der Waals surface area contributed by atoms with Gasteiger partial charge in [0.15, 0.2) is 5.96 Å². The molecule has 1 amide bonds. The standard InChI is InChI=1S/C26H35N5O2.HI/c1-20(22-12-8-5-9-13-22)28-26(27-16-25(32)29(2)3)31-18-23-24(19-31)33-15-14-30(23)17-21-10-6-4-7-11-21;/h4-13,20,23-24H,14-19H2,1-3H3,(H,27,28);1H. The predicted octanol–water partition coefficient (Wildman–Crippen LogP) is 2.98. The number of guanidine groups is 1. The van der Waals surface area contributed by atoms with Gasteiger partial charge in [-0.05, 0) is 18.1 Å². The molecule has 2 saturated heterocycles. The van der Waals surface area contributed by atoms with Gasteiger partial charge in [0.1, 0.15) is 6.54 Å². The molecule has 0 aromatic heterocycles. The summed E-state index contributed by atoms with van der Waals surface area (Å²) in [5.74, 6) is 0.749. The maximum absolute atomic E-state index is 12.3. The second kappa shape index (κ2) is 12.5. The van der Waals surface area contributed by atoms with E-state index in [1.807, 2.05) is 18.2 Å². The van der Waals surface area contributed by atoms with Crippen LogP contribution in [0, 0.1) is 0 Å². The first-order chi connectivity index (χ1) is 16.0. The molecule has 0 spiro atoms. The van der Waals surface area contributed by atoms with E-state index in [0.29, 0.717) is 6.04 Å². The molecule has 2 aliphatic rings. The van der Waals surface area contributed by atoms with Crippen LogP contribution in [-0.4, -0.2) is 85.6 Å². The van der Waals surface area contributed by atoms with Crippen molar-refractivity contribution >= 4 is 35.8 Å². The maximum atomic E-state index is 12.3. The van der Waals surface area contributed by atoms with Crippen molar-refractivity contribution in [2.75, 3.05) is 46.9 Å². The van der Waals surface area contributed by atoms with Crippen LogP contribution in [0.4, 0.5) is 0 Å². The molecule has 0 aliphatic carbocycles. The van der Waals surface area contributed by atoms with Crippen molar-refractivity contribution in [3.63, 3.8) is 0 Å². The number of hydrogen-bond donors (Lipinski definition) is 1. The molecule has 0 saturated carbocycles. The van der Waals surface area contributed by atoms with E-state index in [2.05, 4.69) is 64.5 Å². The Hall–Kier alpha value is -2.17. The highest BCUT2D eigenvalue weighted by Crippen LogP contribution is 2.25. The van der Waals surface area contributed by atoms with Gasteiger partial charge >= 0.3 is 0 Å². The van der Waals surface area contributed by atoms with Crippen LogP contribution >= 0.6 is 24.0 Å². The summed E-state index contributed by atoms with van der Waals surface area (Å²) in [4.78, 5) is 23.3. The fourth-order valence-electron chi connectivity index (χ4n) is 4.49. The van der Waals surface area contributed by atoms with E-state index < -0.39 is 0 Å². The molecular weight excluding hydrogens is 541 g/mol. The zero-order valence-corrected chi connectivity index (χ0v) is 22.6. The number of fused-ring (bicyclic) bond motifs is 1. The fourth-order valence-corrected chi connectivity index (χ4v) is 4.49. The third-order valence-electron chi connectivity index (χ3n) is 6.45. The molecule has 0 bridgehead atoms. The number of hydrogen-bond acceptors (Lipinski definition) is 4. The van der Waals surface area contributed by atoms with Crippen LogP contribution in [-0.2, 0) is 16.1 Å². The van der Waals surface area contributed by atoms with E-state index in [4.69, 9.17) is 9.73 Å². The zero-order chi connectivity index (χ0) is 23.2. The predicted molar refractivity (Wildman–Crippen MR) is 146 cm³/mol. The van der Waals surface area contributed by atoms with Gasteiger partial charge < -0.3 is 19.9 Å². The van der Waals surface area contributed by atoms with Crippen LogP contribution in [0.15, 0.2) is 65.7 Å². The van der Waals surface area contributed by atoms with Crippen molar-refractivity contribution in [3.05, 3.63) is 71.8 Å². The number of aliphatic imine (C=N–C) groups is 1. The molecule has 2 aromatic carbocycles. The summed E-state index contributed by atoms with van der Waals surface area (Å²) in [5, 5.41) is 3.57. The fraction of sp³-hybridized carbons (Fsp3) is 0.462. The lowest BCUT2D eigenvalue weighted by Gasteiger charge is -2.36. The highest BCUT2D eigenvalue weighted by atomic mass is 127. The SMILES string of the molecule is CC(NC(=NCC(=O)N(C)C)N1CC2OCCN(Cc3ccccc3)C2C1)c1ccccc1.I. The number of morpholine rings is 1. The van der Waals surface area contributed by atoms with Crippen molar-refractivity contribution in [2.24, 2.45) is 4.99 Å². The Balaban J connectivity index is 0.00000324. The quantitative estimate of drug-likeness (QED) is 0.325. The molecule has 4 rings (SSSR count). The number of likely N-dealkylation sites (tertiary alicyclic amines) is 1. The molecule has 1 N–H and O–H groups in total. The minimum absolute atomic E-state index is 0. The summed E-state index contributed by atoms with van der Waals surface area (Å²) in [6.07, 6.45) is 0.131. The van der Waals surface area contributed by atoms with Gasteiger partial charge in [-0.3, -0.25) is 9.69 Å². The second-order valence-electron chi connectivity index (χ2n) is 9.04. The summed E-state index contributed by atoms with van der Waals surface area (Å²) in [6.45, 7) is 6.40. The summed E-state index contributed by atoms with van der Waals surface area (Å²) >= 11 is 0. The summed E-state index contributed by atoms with van der Waals surface area (Å²) < 4.78 is 6.16. The molecule has 7 nitrogen and oxygen atoms in total. The first-order valence-electron chi connectivity index (χ1n) is 11.7. The summed E-state index contributed by atoms with van der Waals surface area (Å²) in [6, 6.07) is 21.3. The Morgan fingerprint density at radius 2 is 1.79 bits per heavy atom. The van der Waals surface area contributed by atoms with E-state index in [-0.39, 0.29) is 48.6 Å². The summed E-state index contributed by atoms with van der Waals surface area (Å²) in [7, 11) is 3.52. The minimum atomic E-state index is -0.0137. The van der Waals surface area contributed by atoms with Crippen LogP contribution in [0.25, 0.3) is 0 Å². The Bertz CT molecular complexity index is 941. The molecule has 2 aromatic rings. The van der Waals surface area contributed by atoms with E-state index in [9.17, 15) is 4.79 Å². The molecular formula is C26H36IN5O2. The Morgan fingerprint density at radius 3 is 2.47 bits per heavy atom. The number of rotatable bonds is 6. The maximum Gasteiger partial charge on any atom is 0.243 e. The number of amides is 1. The second-order valence-corrected chi connectivity index (χ2v) is 9.04. The Kier molecular flexibility index (Phi) is 9.73. The van der Waals surface area contributed by atoms with Crippen LogP contribution in [0.5, 0.6) is 0 Å².